The van der Waals surface area contributed by atoms with E-state index >= 15 is 0 Å². The molecule has 0 spiro atoms. The van der Waals surface area contributed by atoms with E-state index < -0.39 is 20.0 Å². The van der Waals surface area contributed by atoms with E-state index in [1.807, 2.05) is 21.1 Å². The van der Waals surface area contributed by atoms with E-state index in [1.54, 1.807) is 0 Å². The molecular weight excluding hydrogens is 864 g/mol. The lowest BCUT2D eigenvalue weighted by Gasteiger charge is -2.30. The largest absolute Gasteiger partial charge is 0.756 e. The van der Waals surface area contributed by atoms with Gasteiger partial charge in [0.25, 0.3) is 7.82 Å². The smallest absolute Gasteiger partial charge is 0.268 e. The van der Waals surface area contributed by atoms with Gasteiger partial charge in [-0.3, -0.25) is 9.36 Å². The molecule has 0 aromatic heterocycles. The van der Waals surface area contributed by atoms with E-state index in [0.717, 1.165) is 64.2 Å². The van der Waals surface area contributed by atoms with E-state index in [1.165, 1.54) is 180 Å². The van der Waals surface area contributed by atoms with Crippen molar-refractivity contribution in [2.75, 3.05) is 40.9 Å². The lowest BCUT2D eigenvalue weighted by atomic mass is 10.0. The zero-order valence-corrected chi connectivity index (χ0v) is 46.5. The predicted molar refractivity (Wildman–Crippen MR) is 293 cm³/mol. The molecule has 0 radical (unpaired) electrons. The minimum atomic E-state index is -4.58. The number of likely N-dealkylation sites (N-methyl/N-ethyl adjacent to an activating group) is 1. The standard InChI is InChI=1S/C59H113N2O6P/c1-6-8-10-12-14-16-18-20-22-24-26-28-30-32-34-36-38-40-42-44-46-48-50-52-58(62)57(56-67-68(64,65)66-55-54-61(3,4)5)60-59(63)53-51-49-47-45-43-41-39-37-35-33-31-29-27-25-23-21-19-17-15-13-11-9-7-2/h9,11,15,17,21,23,27,29,57-58,62H,6-8,10,12-14,16,18-20,22,24-26,28,30-56H2,1-5H3,(H-,60,63,64,65)/b11-9-,17-15-,23-21-,29-27-. The van der Waals surface area contributed by atoms with Gasteiger partial charge in [0.1, 0.15) is 13.2 Å². The zero-order valence-electron chi connectivity index (χ0n) is 45.6. The Morgan fingerprint density at radius 3 is 1.31 bits per heavy atom. The van der Waals surface area contributed by atoms with Gasteiger partial charge in [-0.25, -0.2) is 0 Å². The number of aliphatic hydroxyl groups excluding tert-OH is 1. The van der Waals surface area contributed by atoms with Gasteiger partial charge in [0.2, 0.25) is 5.91 Å². The van der Waals surface area contributed by atoms with Crippen molar-refractivity contribution < 1.29 is 32.9 Å². The normalized spacial score (nSPS) is 14.3. The van der Waals surface area contributed by atoms with Crippen LogP contribution in [0.15, 0.2) is 48.6 Å². The van der Waals surface area contributed by atoms with Crippen molar-refractivity contribution in [2.24, 2.45) is 0 Å². The molecule has 0 aliphatic carbocycles. The van der Waals surface area contributed by atoms with E-state index in [2.05, 4.69) is 67.8 Å². The van der Waals surface area contributed by atoms with Crippen molar-refractivity contribution in [1.82, 2.24) is 5.32 Å². The number of phosphoric acid groups is 1. The number of hydrogen-bond acceptors (Lipinski definition) is 6. The second kappa shape index (κ2) is 50.4. The Balaban J connectivity index is 4.17. The van der Waals surface area contributed by atoms with Crippen molar-refractivity contribution in [2.45, 2.75) is 283 Å². The number of phosphoric ester groups is 1. The van der Waals surface area contributed by atoms with Gasteiger partial charge in [-0.05, 0) is 51.4 Å². The molecule has 0 aliphatic heterocycles. The average Bonchev–Trinajstić information content (AvgIpc) is 3.30. The number of aliphatic hydroxyl groups is 1. The van der Waals surface area contributed by atoms with Crippen molar-refractivity contribution in [3.8, 4) is 0 Å². The average molecular weight is 978 g/mol. The van der Waals surface area contributed by atoms with Crippen LogP contribution in [0.25, 0.3) is 0 Å². The fourth-order valence-corrected chi connectivity index (χ4v) is 9.29. The molecule has 0 saturated heterocycles. The molecule has 0 aromatic carbocycles. The van der Waals surface area contributed by atoms with E-state index in [4.69, 9.17) is 9.05 Å². The lowest BCUT2D eigenvalue weighted by molar-refractivity contribution is -0.870. The van der Waals surface area contributed by atoms with Gasteiger partial charge < -0.3 is 28.8 Å². The summed E-state index contributed by atoms with van der Waals surface area (Å²) in [5, 5.41) is 14.0. The van der Waals surface area contributed by atoms with Gasteiger partial charge in [0, 0.05) is 6.42 Å². The van der Waals surface area contributed by atoms with Gasteiger partial charge >= 0.3 is 0 Å². The second-order valence-electron chi connectivity index (χ2n) is 21.0. The summed E-state index contributed by atoms with van der Waals surface area (Å²) in [6.45, 7) is 4.64. The molecule has 68 heavy (non-hydrogen) atoms. The predicted octanol–water partition coefficient (Wildman–Crippen LogP) is 16.9. The highest BCUT2D eigenvalue weighted by Gasteiger charge is 2.24. The van der Waals surface area contributed by atoms with Crippen LogP contribution in [0.4, 0.5) is 0 Å². The minimum Gasteiger partial charge on any atom is -0.756 e. The van der Waals surface area contributed by atoms with E-state index in [9.17, 15) is 19.4 Å². The van der Waals surface area contributed by atoms with Crippen LogP contribution >= 0.6 is 7.82 Å². The van der Waals surface area contributed by atoms with Crippen LogP contribution in [-0.4, -0.2) is 68.5 Å². The number of carbonyl (C=O) groups is 1. The molecule has 0 fully saturated rings. The first kappa shape index (κ1) is 66.5. The highest BCUT2D eigenvalue weighted by molar-refractivity contribution is 7.45. The number of nitrogens with one attached hydrogen (secondary N) is 1. The Bertz CT molecular complexity index is 1250. The van der Waals surface area contributed by atoms with E-state index in [0.29, 0.717) is 23.9 Å². The van der Waals surface area contributed by atoms with Crippen LogP contribution < -0.4 is 10.2 Å². The third-order valence-corrected chi connectivity index (χ3v) is 14.0. The van der Waals surface area contributed by atoms with Crippen LogP contribution in [0.2, 0.25) is 0 Å². The summed E-state index contributed by atoms with van der Waals surface area (Å²) in [5.41, 5.74) is 0. The first-order chi connectivity index (χ1) is 33.0. The number of carbonyl (C=O) groups excluding carboxylic acids is 1. The van der Waals surface area contributed by atoms with Gasteiger partial charge in [0.15, 0.2) is 0 Å². The van der Waals surface area contributed by atoms with Crippen LogP contribution in [0.3, 0.4) is 0 Å². The molecule has 3 atom stereocenters. The first-order valence-electron chi connectivity index (χ1n) is 29.0. The summed E-state index contributed by atoms with van der Waals surface area (Å²) in [6.07, 6.45) is 65.7. The van der Waals surface area contributed by atoms with Gasteiger partial charge in [-0.2, -0.15) is 0 Å². The molecule has 1 amide bonds. The van der Waals surface area contributed by atoms with E-state index in [-0.39, 0.29) is 19.1 Å². The SMILES string of the molecule is CC/C=C\C/C=C\C/C=C\C/C=C\CCCCCCCCCCCCC(=O)NC(COP(=O)([O-])OCC[N+](C)(C)C)C(O)CCCCCCCCCCCCCCCCCCCCCCCCC. The number of rotatable bonds is 53. The van der Waals surface area contributed by atoms with Gasteiger partial charge in [0.05, 0.1) is 39.9 Å². The molecule has 0 aromatic rings. The summed E-state index contributed by atoms with van der Waals surface area (Å²) in [4.78, 5) is 25.5. The number of unbranched alkanes of at least 4 members (excludes halogenated alkanes) is 32. The molecule has 0 bridgehead atoms. The number of allylic oxidation sites excluding steroid dienone is 8. The van der Waals surface area contributed by atoms with Crippen molar-refractivity contribution in [3.05, 3.63) is 48.6 Å². The number of quaternary nitrogens is 1. The van der Waals surface area contributed by atoms with Gasteiger partial charge in [-0.1, -0.05) is 262 Å². The number of hydrogen-bond donors (Lipinski definition) is 2. The Hall–Kier alpha value is -1.54. The molecule has 0 aliphatic rings. The highest BCUT2D eigenvalue weighted by atomic mass is 31.2. The van der Waals surface area contributed by atoms with Crippen LogP contribution in [-0.2, 0) is 18.4 Å². The van der Waals surface area contributed by atoms with Crippen molar-refractivity contribution in [3.63, 3.8) is 0 Å². The Morgan fingerprint density at radius 2 is 0.897 bits per heavy atom. The first-order valence-corrected chi connectivity index (χ1v) is 30.4. The number of nitrogens with zero attached hydrogens (tertiary/aromatic N) is 1. The fraction of sp³-hybridized carbons (Fsp3) is 0.847. The molecule has 0 saturated carbocycles. The highest BCUT2D eigenvalue weighted by Crippen LogP contribution is 2.38. The third kappa shape index (κ3) is 52.3. The van der Waals surface area contributed by atoms with Crippen molar-refractivity contribution in [1.29, 1.82) is 0 Å². The quantitative estimate of drug-likeness (QED) is 0.0272. The summed E-state index contributed by atoms with van der Waals surface area (Å²) < 4.78 is 23.4. The monoisotopic (exact) mass is 977 g/mol. The molecular formula is C59H113N2O6P. The van der Waals surface area contributed by atoms with Gasteiger partial charge in [-0.15, -0.1) is 0 Å². The van der Waals surface area contributed by atoms with Crippen LogP contribution in [0, 0.1) is 0 Å². The summed E-state index contributed by atoms with van der Waals surface area (Å²) in [6, 6.07) is -0.805. The topological polar surface area (TPSA) is 108 Å². The second-order valence-corrected chi connectivity index (χ2v) is 22.4. The summed E-state index contributed by atoms with van der Waals surface area (Å²) in [5.74, 6) is -0.168. The molecule has 400 valence electrons. The minimum absolute atomic E-state index is 0.0105. The molecule has 2 N–H and O–H groups in total. The summed E-state index contributed by atoms with van der Waals surface area (Å²) >= 11 is 0. The Labute approximate surface area is 422 Å². The van der Waals surface area contributed by atoms with Crippen molar-refractivity contribution >= 4 is 13.7 Å². The maximum Gasteiger partial charge on any atom is 0.268 e. The molecule has 0 rings (SSSR count). The third-order valence-electron chi connectivity index (χ3n) is 13.1. The summed E-state index contributed by atoms with van der Waals surface area (Å²) in [7, 11) is 1.30. The molecule has 3 unspecified atom stereocenters. The molecule has 8 nitrogen and oxygen atoms in total. The zero-order chi connectivity index (χ0) is 49.9. The maximum atomic E-state index is 13.0. The molecule has 9 heteroatoms. The Morgan fingerprint density at radius 1 is 0.529 bits per heavy atom. The van der Waals surface area contributed by atoms with Crippen LogP contribution in [0.5, 0.6) is 0 Å². The maximum absolute atomic E-state index is 13.0. The number of amides is 1. The van der Waals surface area contributed by atoms with Crippen LogP contribution in [0.1, 0.15) is 271 Å². The Kier molecular flexibility index (Phi) is 49.3. The molecule has 0 heterocycles. The fourth-order valence-electron chi connectivity index (χ4n) is 8.56. The lowest BCUT2D eigenvalue weighted by Crippen LogP contribution is -2.46.